The zero-order valence-corrected chi connectivity index (χ0v) is 23.2. The van der Waals surface area contributed by atoms with Gasteiger partial charge in [-0.25, -0.2) is 4.39 Å². The van der Waals surface area contributed by atoms with Crippen molar-refractivity contribution in [1.29, 1.82) is 0 Å². The Morgan fingerprint density at radius 3 is 2.39 bits per heavy atom. The number of hydrogen-bond acceptors (Lipinski definition) is 5. The average molecular weight is 525 g/mol. The molecule has 0 spiro atoms. The van der Waals surface area contributed by atoms with Gasteiger partial charge in [-0.1, -0.05) is 6.07 Å². The van der Waals surface area contributed by atoms with Gasteiger partial charge in [0.2, 0.25) is 5.91 Å². The number of nitrogens with zero attached hydrogens (tertiary/aromatic N) is 4. The van der Waals surface area contributed by atoms with Crippen LogP contribution in [-0.2, 0) is 17.9 Å². The maximum absolute atomic E-state index is 14.4. The van der Waals surface area contributed by atoms with Crippen molar-refractivity contribution < 1.29 is 18.7 Å². The summed E-state index contributed by atoms with van der Waals surface area (Å²) in [6.07, 6.45) is 3.15. The van der Waals surface area contributed by atoms with E-state index < -0.39 is 5.82 Å². The quantitative estimate of drug-likeness (QED) is 0.575. The summed E-state index contributed by atoms with van der Waals surface area (Å²) in [5.74, 6) is 0.178. The topological polar surface area (TPSA) is 56.3 Å². The minimum absolute atomic E-state index is 0.0806. The van der Waals surface area contributed by atoms with Crippen LogP contribution >= 0.6 is 0 Å². The maximum atomic E-state index is 14.4. The average Bonchev–Trinajstić information content (AvgIpc) is 3.39. The second kappa shape index (κ2) is 12.7. The highest BCUT2D eigenvalue weighted by atomic mass is 19.1. The summed E-state index contributed by atoms with van der Waals surface area (Å²) >= 11 is 0. The van der Waals surface area contributed by atoms with Gasteiger partial charge in [0.05, 0.1) is 12.8 Å². The van der Waals surface area contributed by atoms with E-state index in [1.165, 1.54) is 31.9 Å². The van der Waals surface area contributed by atoms with Crippen LogP contribution in [0.25, 0.3) is 0 Å². The molecule has 2 aromatic carbocycles. The number of amides is 2. The third-order valence-electron chi connectivity index (χ3n) is 7.70. The van der Waals surface area contributed by atoms with Crippen LogP contribution in [0.1, 0.15) is 61.5 Å². The Morgan fingerprint density at radius 1 is 0.947 bits per heavy atom. The normalized spacial score (nSPS) is 17.8. The fraction of sp³-hybridized carbons (Fsp3) is 0.533. The Bertz CT molecular complexity index is 1130. The van der Waals surface area contributed by atoms with E-state index in [-0.39, 0.29) is 18.4 Å². The van der Waals surface area contributed by atoms with E-state index in [2.05, 4.69) is 23.6 Å². The van der Waals surface area contributed by atoms with Crippen LogP contribution in [-0.4, -0.2) is 78.9 Å². The zero-order chi connectivity index (χ0) is 27.2. The summed E-state index contributed by atoms with van der Waals surface area (Å²) in [6.45, 7) is 11.5. The van der Waals surface area contributed by atoms with Gasteiger partial charge < -0.3 is 14.5 Å². The Balaban J connectivity index is 1.69. The number of carbonyl (C=O) groups is 2. The molecule has 0 N–H and O–H groups in total. The fourth-order valence-corrected chi connectivity index (χ4v) is 5.54. The lowest BCUT2D eigenvalue weighted by Gasteiger charge is -2.30. The molecule has 7 nitrogen and oxygen atoms in total. The highest BCUT2D eigenvalue weighted by Gasteiger charge is 2.25. The van der Waals surface area contributed by atoms with E-state index in [0.29, 0.717) is 30.4 Å². The lowest BCUT2D eigenvalue weighted by atomic mass is 10.1. The number of rotatable bonds is 5. The van der Waals surface area contributed by atoms with Crippen molar-refractivity contribution in [1.82, 2.24) is 14.7 Å². The molecule has 0 bridgehead atoms. The highest BCUT2D eigenvalue weighted by Crippen LogP contribution is 2.28. The van der Waals surface area contributed by atoms with E-state index in [1.807, 2.05) is 23.1 Å². The first-order valence-corrected chi connectivity index (χ1v) is 13.8. The number of benzene rings is 2. The number of hydrogen-bond donors (Lipinski definition) is 0. The fourth-order valence-electron chi connectivity index (χ4n) is 5.54. The van der Waals surface area contributed by atoms with Crippen LogP contribution < -0.4 is 9.64 Å². The Kier molecular flexibility index (Phi) is 9.39. The molecular weight excluding hydrogens is 483 g/mol. The lowest BCUT2D eigenvalue weighted by molar-refractivity contribution is -0.116. The summed E-state index contributed by atoms with van der Waals surface area (Å²) in [4.78, 5) is 34.8. The van der Waals surface area contributed by atoms with E-state index in [9.17, 15) is 14.0 Å². The van der Waals surface area contributed by atoms with Crippen molar-refractivity contribution in [3.63, 3.8) is 0 Å². The summed E-state index contributed by atoms with van der Waals surface area (Å²) in [6, 6.07) is 10.5. The first kappa shape index (κ1) is 28.0. The van der Waals surface area contributed by atoms with Gasteiger partial charge in [-0.15, -0.1) is 0 Å². The van der Waals surface area contributed by atoms with Crippen molar-refractivity contribution >= 4 is 17.5 Å². The molecule has 206 valence electrons. The minimum Gasteiger partial charge on any atom is -0.496 e. The van der Waals surface area contributed by atoms with Gasteiger partial charge in [-0.2, -0.15) is 0 Å². The molecule has 1 fully saturated rings. The number of ether oxygens (including phenoxy) is 1. The lowest BCUT2D eigenvalue weighted by Crippen LogP contribution is -2.41. The molecule has 4 rings (SSSR count). The van der Waals surface area contributed by atoms with Crippen molar-refractivity contribution in [2.45, 2.75) is 59.2 Å². The van der Waals surface area contributed by atoms with E-state index in [4.69, 9.17) is 4.74 Å². The molecule has 8 heteroatoms. The van der Waals surface area contributed by atoms with Crippen LogP contribution in [0, 0.1) is 5.82 Å². The molecule has 2 aliphatic heterocycles. The number of anilines is 1. The molecule has 0 aromatic heterocycles. The second-order valence-electron chi connectivity index (χ2n) is 10.7. The van der Waals surface area contributed by atoms with Gasteiger partial charge in [-0.05, 0) is 82.1 Å². The van der Waals surface area contributed by atoms with E-state index in [0.717, 1.165) is 56.0 Å². The molecule has 0 radical (unpaired) electrons. The molecule has 38 heavy (non-hydrogen) atoms. The first-order chi connectivity index (χ1) is 18.3. The Morgan fingerprint density at radius 2 is 1.71 bits per heavy atom. The van der Waals surface area contributed by atoms with Crippen molar-refractivity contribution in [3.05, 3.63) is 58.9 Å². The summed E-state index contributed by atoms with van der Waals surface area (Å²) < 4.78 is 20.0. The number of likely N-dealkylation sites (tertiary alicyclic amines) is 1. The highest BCUT2D eigenvalue weighted by molar-refractivity contribution is 5.95. The Hall–Kier alpha value is -2.97. The van der Waals surface area contributed by atoms with Gasteiger partial charge in [0.15, 0.2) is 0 Å². The predicted molar refractivity (Wildman–Crippen MR) is 148 cm³/mol. The van der Waals surface area contributed by atoms with Gasteiger partial charge >= 0.3 is 0 Å². The van der Waals surface area contributed by atoms with Crippen LogP contribution in [0.15, 0.2) is 36.4 Å². The molecule has 0 unspecified atom stereocenters. The molecular formula is C30H41FN4O3. The van der Waals surface area contributed by atoms with Crippen LogP contribution in [0.3, 0.4) is 0 Å². The predicted octanol–water partition coefficient (Wildman–Crippen LogP) is 4.54. The van der Waals surface area contributed by atoms with Crippen LogP contribution in [0.2, 0.25) is 0 Å². The van der Waals surface area contributed by atoms with Crippen molar-refractivity contribution in [2.75, 3.05) is 51.3 Å². The molecule has 1 saturated heterocycles. The SMILES string of the molecule is COc1ccc(C(=O)N2CCN(C(C)C)CCCN(C(C)=O)c3cc(F)ccc3C2)cc1CN1CCCC1. The van der Waals surface area contributed by atoms with E-state index >= 15 is 0 Å². The van der Waals surface area contributed by atoms with Crippen molar-refractivity contribution in [3.8, 4) is 5.75 Å². The zero-order valence-electron chi connectivity index (χ0n) is 23.2. The molecule has 2 amide bonds. The van der Waals surface area contributed by atoms with Gasteiger partial charge in [0, 0.05) is 63.4 Å². The molecule has 0 saturated carbocycles. The number of methoxy groups -OCH3 is 1. The first-order valence-electron chi connectivity index (χ1n) is 13.8. The molecule has 2 heterocycles. The minimum atomic E-state index is -0.395. The van der Waals surface area contributed by atoms with Gasteiger partial charge in [0.25, 0.3) is 5.91 Å². The van der Waals surface area contributed by atoms with Crippen molar-refractivity contribution in [2.24, 2.45) is 0 Å². The van der Waals surface area contributed by atoms with Gasteiger partial charge in [-0.3, -0.25) is 19.4 Å². The Labute approximate surface area is 226 Å². The monoisotopic (exact) mass is 524 g/mol. The van der Waals surface area contributed by atoms with Crippen LogP contribution in [0.5, 0.6) is 5.75 Å². The van der Waals surface area contributed by atoms with E-state index in [1.54, 1.807) is 18.1 Å². The van der Waals surface area contributed by atoms with Crippen LogP contribution in [0.4, 0.5) is 10.1 Å². The molecule has 0 atom stereocenters. The standard InChI is InChI=1S/C30H41FN4O3/c1-22(2)33-14-7-15-35(23(3)36)28-19-27(31)10-8-25(28)21-34(17-16-33)30(37)24-9-11-29(38-4)26(18-24)20-32-12-5-6-13-32/h8-11,18-19,22H,5-7,12-17,20-21H2,1-4H3. The third kappa shape index (κ3) is 6.72. The maximum Gasteiger partial charge on any atom is 0.254 e. The number of halogens is 1. The summed E-state index contributed by atoms with van der Waals surface area (Å²) in [5, 5.41) is 0. The number of fused-ring (bicyclic) bond motifs is 1. The summed E-state index contributed by atoms with van der Waals surface area (Å²) in [5.41, 5.74) is 2.92. The molecule has 0 aliphatic carbocycles. The molecule has 2 aromatic rings. The third-order valence-corrected chi connectivity index (χ3v) is 7.70. The second-order valence-corrected chi connectivity index (χ2v) is 10.7. The largest absolute Gasteiger partial charge is 0.496 e. The molecule has 2 aliphatic rings. The van der Waals surface area contributed by atoms with Gasteiger partial charge in [0.1, 0.15) is 11.6 Å². The summed E-state index contributed by atoms with van der Waals surface area (Å²) in [7, 11) is 1.66. The smallest absolute Gasteiger partial charge is 0.254 e. The number of carbonyl (C=O) groups excluding carboxylic acids is 2.